The molecular formula is C23H26N2O4S. The number of nitrogens with one attached hydrogen (secondary N) is 1. The predicted molar refractivity (Wildman–Crippen MR) is 115 cm³/mol. The van der Waals surface area contributed by atoms with E-state index < -0.39 is 15.7 Å². The summed E-state index contributed by atoms with van der Waals surface area (Å²) < 4.78 is 30.7. The molecule has 1 N–H and O–H groups in total. The van der Waals surface area contributed by atoms with Crippen molar-refractivity contribution in [3.63, 3.8) is 0 Å². The standard InChI is InChI=1S/C23H26N2O4S/c1-3-25(4-2)20(18-11-7-5-8-12-18)17-24-23(26)21-15-16-22(29-21)30(27,28)19-13-9-6-10-14-19/h5-16,20H,3-4,17H2,1-2H3,(H,24,26). The molecule has 158 valence electrons. The number of likely N-dealkylation sites (N-methyl/N-ethyl adjacent to an activating group) is 1. The minimum atomic E-state index is -3.80. The van der Waals surface area contributed by atoms with Crippen LogP contribution in [0, 0.1) is 0 Å². The number of hydrogen-bond acceptors (Lipinski definition) is 5. The van der Waals surface area contributed by atoms with E-state index in [-0.39, 0.29) is 21.8 Å². The van der Waals surface area contributed by atoms with Gasteiger partial charge in [0.2, 0.25) is 14.9 Å². The van der Waals surface area contributed by atoms with Gasteiger partial charge in [0.25, 0.3) is 5.91 Å². The van der Waals surface area contributed by atoms with E-state index in [9.17, 15) is 13.2 Å². The smallest absolute Gasteiger partial charge is 0.287 e. The van der Waals surface area contributed by atoms with Crippen molar-refractivity contribution in [1.29, 1.82) is 0 Å². The molecule has 0 aliphatic heterocycles. The first-order valence-corrected chi connectivity index (χ1v) is 11.4. The van der Waals surface area contributed by atoms with Gasteiger partial charge in [-0.2, -0.15) is 0 Å². The third-order valence-electron chi connectivity index (χ3n) is 5.02. The summed E-state index contributed by atoms with van der Waals surface area (Å²) >= 11 is 0. The van der Waals surface area contributed by atoms with Crippen LogP contribution < -0.4 is 5.32 Å². The van der Waals surface area contributed by atoms with Crippen LogP contribution in [0.2, 0.25) is 0 Å². The van der Waals surface area contributed by atoms with Crippen LogP contribution in [0.15, 0.2) is 87.2 Å². The van der Waals surface area contributed by atoms with E-state index in [4.69, 9.17) is 4.42 Å². The van der Waals surface area contributed by atoms with Gasteiger partial charge in [0, 0.05) is 6.54 Å². The van der Waals surface area contributed by atoms with Crippen LogP contribution in [0.1, 0.15) is 36.0 Å². The number of rotatable bonds is 9. The molecule has 1 aromatic heterocycles. The minimum absolute atomic E-state index is 0.00707. The summed E-state index contributed by atoms with van der Waals surface area (Å²) in [6.07, 6.45) is 0. The van der Waals surface area contributed by atoms with Gasteiger partial charge in [0.1, 0.15) is 0 Å². The largest absolute Gasteiger partial charge is 0.439 e. The number of carbonyl (C=O) groups excluding carboxylic acids is 1. The normalized spacial score (nSPS) is 12.6. The quantitative estimate of drug-likeness (QED) is 0.561. The molecule has 0 saturated heterocycles. The van der Waals surface area contributed by atoms with Gasteiger partial charge in [-0.05, 0) is 42.9 Å². The van der Waals surface area contributed by atoms with E-state index in [0.29, 0.717) is 6.54 Å². The maximum Gasteiger partial charge on any atom is 0.287 e. The van der Waals surface area contributed by atoms with Gasteiger partial charge in [0.15, 0.2) is 5.76 Å². The number of sulfone groups is 1. The summed E-state index contributed by atoms with van der Waals surface area (Å²) in [6, 6.07) is 20.7. The van der Waals surface area contributed by atoms with E-state index in [2.05, 4.69) is 24.1 Å². The van der Waals surface area contributed by atoms with Crippen LogP contribution in [-0.4, -0.2) is 38.9 Å². The molecule has 30 heavy (non-hydrogen) atoms. The summed E-state index contributed by atoms with van der Waals surface area (Å²) in [5.41, 5.74) is 1.10. The monoisotopic (exact) mass is 426 g/mol. The molecular weight excluding hydrogens is 400 g/mol. The van der Waals surface area contributed by atoms with Crippen molar-refractivity contribution in [2.75, 3.05) is 19.6 Å². The summed E-state index contributed by atoms with van der Waals surface area (Å²) in [7, 11) is -3.80. The summed E-state index contributed by atoms with van der Waals surface area (Å²) in [6.45, 7) is 6.22. The Morgan fingerprint density at radius 2 is 1.53 bits per heavy atom. The predicted octanol–water partition coefficient (Wildman–Crippen LogP) is 3.93. The average molecular weight is 427 g/mol. The van der Waals surface area contributed by atoms with Gasteiger partial charge in [-0.25, -0.2) is 8.42 Å². The zero-order valence-electron chi connectivity index (χ0n) is 17.1. The fourth-order valence-electron chi connectivity index (χ4n) is 3.38. The van der Waals surface area contributed by atoms with Gasteiger partial charge in [0.05, 0.1) is 10.9 Å². The van der Waals surface area contributed by atoms with Crippen LogP contribution in [0.3, 0.4) is 0 Å². The minimum Gasteiger partial charge on any atom is -0.439 e. The second kappa shape index (κ2) is 9.73. The molecule has 1 unspecified atom stereocenters. The zero-order chi connectivity index (χ0) is 21.6. The first kappa shape index (κ1) is 21.8. The molecule has 1 atom stereocenters. The number of amides is 1. The molecule has 0 fully saturated rings. The number of furan rings is 1. The maximum absolute atomic E-state index is 12.7. The van der Waals surface area contributed by atoms with Gasteiger partial charge >= 0.3 is 0 Å². The van der Waals surface area contributed by atoms with Crippen molar-refractivity contribution in [2.24, 2.45) is 0 Å². The van der Waals surface area contributed by atoms with Gasteiger partial charge < -0.3 is 9.73 Å². The number of hydrogen-bond donors (Lipinski definition) is 1. The van der Waals surface area contributed by atoms with Crippen LogP contribution >= 0.6 is 0 Å². The number of benzene rings is 2. The average Bonchev–Trinajstić information content (AvgIpc) is 3.29. The van der Waals surface area contributed by atoms with Crippen LogP contribution in [-0.2, 0) is 9.84 Å². The molecule has 0 aliphatic carbocycles. The lowest BCUT2D eigenvalue weighted by molar-refractivity contribution is 0.0902. The summed E-state index contributed by atoms with van der Waals surface area (Å²) in [5.74, 6) is -0.478. The second-order valence-electron chi connectivity index (χ2n) is 6.79. The lowest BCUT2D eigenvalue weighted by atomic mass is 10.1. The van der Waals surface area contributed by atoms with E-state index in [1.165, 1.54) is 24.3 Å². The van der Waals surface area contributed by atoms with E-state index >= 15 is 0 Å². The third kappa shape index (κ3) is 4.80. The van der Waals surface area contributed by atoms with Gasteiger partial charge in [-0.1, -0.05) is 62.4 Å². The van der Waals surface area contributed by atoms with Crippen LogP contribution in [0.25, 0.3) is 0 Å². The first-order valence-electron chi connectivity index (χ1n) is 9.94. The molecule has 3 rings (SSSR count). The highest BCUT2D eigenvalue weighted by molar-refractivity contribution is 7.91. The fourth-order valence-corrected chi connectivity index (χ4v) is 4.57. The third-order valence-corrected chi connectivity index (χ3v) is 6.66. The molecule has 7 heteroatoms. The molecule has 0 aliphatic rings. The molecule has 0 bridgehead atoms. The van der Waals surface area contributed by atoms with Gasteiger partial charge in [-0.15, -0.1) is 0 Å². The van der Waals surface area contributed by atoms with Crippen molar-refractivity contribution in [3.8, 4) is 0 Å². The first-order chi connectivity index (χ1) is 14.5. The Labute approximate surface area is 177 Å². The van der Waals surface area contributed by atoms with E-state index in [0.717, 1.165) is 18.7 Å². The summed E-state index contributed by atoms with van der Waals surface area (Å²) in [4.78, 5) is 15.0. The van der Waals surface area contributed by atoms with Crippen molar-refractivity contribution in [1.82, 2.24) is 10.2 Å². The second-order valence-corrected chi connectivity index (χ2v) is 8.67. The lowest BCUT2D eigenvalue weighted by Gasteiger charge is -2.30. The lowest BCUT2D eigenvalue weighted by Crippen LogP contribution is -2.38. The molecule has 0 radical (unpaired) electrons. The van der Waals surface area contributed by atoms with Crippen molar-refractivity contribution in [2.45, 2.75) is 29.9 Å². The Kier molecular flexibility index (Phi) is 7.07. The Morgan fingerprint density at radius 3 is 2.13 bits per heavy atom. The highest BCUT2D eigenvalue weighted by Crippen LogP contribution is 2.23. The molecule has 3 aromatic rings. The van der Waals surface area contributed by atoms with Crippen molar-refractivity contribution in [3.05, 3.63) is 84.1 Å². The Balaban J connectivity index is 1.74. The van der Waals surface area contributed by atoms with Crippen molar-refractivity contribution < 1.29 is 17.6 Å². The molecule has 6 nitrogen and oxygen atoms in total. The van der Waals surface area contributed by atoms with Crippen LogP contribution in [0.4, 0.5) is 0 Å². The topological polar surface area (TPSA) is 79.6 Å². The molecule has 2 aromatic carbocycles. The Morgan fingerprint density at radius 1 is 0.933 bits per heavy atom. The molecule has 0 spiro atoms. The Hall–Kier alpha value is -2.90. The van der Waals surface area contributed by atoms with E-state index in [1.54, 1.807) is 18.2 Å². The SMILES string of the molecule is CCN(CC)C(CNC(=O)c1ccc(S(=O)(=O)c2ccccc2)o1)c1ccccc1. The highest BCUT2D eigenvalue weighted by atomic mass is 32.2. The number of nitrogens with zero attached hydrogens (tertiary/aromatic N) is 1. The molecule has 1 heterocycles. The van der Waals surface area contributed by atoms with Crippen LogP contribution in [0.5, 0.6) is 0 Å². The maximum atomic E-state index is 12.7. The fraction of sp³-hybridized carbons (Fsp3) is 0.261. The molecule has 0 saturated carbocycles. The molecule has 1 amide bonds. The van der Waals surface area contributed by atoms with E-state index in [1.807, 2.05) is 30.3 Å². The zero-order valence-corrected chi connectivity index (χ0v) is 17.9. The summed E-state index contributed by atoms with van der Waals surface area (Å²) in [5, 5.41) is 2.63. The highest BCUT2D eigenvalue weighted by Gasteiger charge is 2.24. The number of carbonyl (C=O) groups is 1. The Bertz CT molecular complexity index is 1060. The van der Waals surface area contributed by atoms with Crippen molar-refractivity contribution >= 4 is 15.7 Å². The van der Waals surface area contributed by atoms with Gasteiger partial charge in [-0.3, -0.25) is 9.69 Å².